The first-order valence-corrected chi connectivity index (χ1v) is 16.9. The van der Waals surface area contributed by atoms with Gasteiger partial charge in [-0.1, -0.05) is 48.5 Å². The summed E-state index contributed by atoms with van der Waals surface area (Å²) in [5.41, 5.74) is -1.49. The molecule has 2 amide bonds. The zero-order valence-electron chi connectivity index (χ0n) is 27.2. The molecule has 0 saturated carbocycles. The fraction of sp³-hybridized carbons (Fsp3) is 0.543. The minimum absolute atomic E-state index is 0.0128. The van der Waals surface area contributed by atoms with Gasteiger partial charge in [-0.15, -0.1) is 0 Å². The normalized spacial score (nSPS) is 26.2. The number of esters is 3. The summed E-state index contributed by atoms with van der Waals surface area (Å²) in [6, 6.07) is 18.4. The summed E-state index contributed by atoms with van der Waals surface area (Å²) >= 11 is 0. The van der Waals surface area contributed by atoms with Crippen LogP contribution in [0.3, 0.4) is 0 Å². The number of benzene rings is 2. The lowest BCUT2D eigenvalue weighted by molar-refractivity contribution is -0.338. The van der Waals surface area contributed by atoms with Crippen LogP contribution < -0.4 is 4.74 Å². The molecule has 258 valence electrons. The Morgan fingerprint density at radius 1 is 0.833 bits per heavy atom. The molecule has 3 atom stereocenters. The Labute approximate surface area is 280 Å². The van der Waals surface area contributed by atoms with Crippen molar-refractivity contribution >= 4 is 23.9 Å². The number of cyclic esters (lactones) is 1. The molecule has 0 aromatic heterocycles. The van der Waals surface area contributed by atoms with E-state index in [0.717, 1.165) is 44.3 Å². The Morgan fingerprint density at radius 3 is 2.19 bits per heavy atom. The summed E-state index contributed by atoms with van der Waals surface area (Å²) in [5, 5.41) is 11.2. The van der Waals surface area contributed by atoms with Crippen LogP contribution in [0.25, 0.3) is 0 Å². The number of para-hydroxylation sites is 1. The van der Waals surface area contributed by atoms with Crippen LogP contribution in [0.15, 0.2) is 60.7 Å². The lowest BCUT2D eigenvalue weighted by Crippen LogP contribution is -2.71. The van der Waals surface area contributed by atoms with E-state index in [1.807, 2.05) is 60.7 Å². The molecule has 4 saturated heterocycles. The maximum Gasteiger partial charge on any atom is 0.400 e. The first kappa shape index (κ1) is 33.7. The minimum Gasteiger partial charge on any atom is -0.492 e. The highest BCUT2D eigenvalue weighted by Crippen LogP contribution is 2.40. The van der Waals surface area contributed by atoms with Crippen LogP contribution in [0.5, 0.6) is 5.75 Å². The summed E-state index contributed by atoms with van der Waals surface area (Å²) in [6.45, 7) is 3.49. The van der Waals surface area contributed by atoms with E-state index in [1.54, 1.807) is 9.80 Å². The first-order chi connectivity index (χ1) is 23.3. The van der Waals surface area contributed by atoms with Crippen molar-refractivity contribution in [2.75, 3.05) is 59.0 Å². The van der Waals surface area contributed by atoms with E-state index in [9.17, 15) is 19.5 Å². The van der Waals surface area contributed by atoms with E-state index < -0.39 is 54.5 Å². The number of hydrogen-bond acceptors (Lipinski definition) is 11. The Kier molecular flexibility index (Phi) is 10.5. The Balaban J connectivity index is 1.39. The average molecular weight is 665 g/mol. The maximum atomic E-state index is 15.0. The zero-order chi connectivity index (χ0) is 33.6. The highest BCUT2D eigenvalue weighted by molar-refractivity contribution is 5.92. The van der Waals surface area contributed by atoms with Gasteiger partial charge >= 0.3 is 29.9 Å². The highest BCUT2D eigenvalue weighted by atomic mass is 16.8. The molecule has 4 aliphatic heterocycles. The predicted molar refractivity (Wildman–Crippen MR) is 171 cm³/mol. The van der Waals surface area contributed by atoms with E-state index in [-0.39, 0.29) is 26.2 Å². The first-order valence-electron chi connectivity index (χ1n) is 16.9. The molecule has 0 radical (unpaired) electrons. The Morgan fingerprint density at radius 2 is 1.48 bits per heavy atom. The number of likely N-dealkylation sites (tertiary alicyclic amines) is 2. The minimum atomic E-state index is -2.49. The van der Waals surface area contributed by atoms with Gasteiger partial charge in [-0.05, 0) is 62.9 Å². The van der Waals surface area contributed by atoms with Crippen LogP contribution >= 0.6 is 0 Å². The van der Waals surface area contributed by atoms with Gasteiger partial charge in [-0.2, -0.15) is 0 Å². The van der Waals surface area contributed by atoms with E-state index in [2.05, 4.69) is 4.90 Å². The second-order valence-corrected chi connectivity index (χ2v) is 12.8. The van der Waals surface area contributed by atoms with Crippen molar-refractivity contribution in [3.63, 3.8) is 0 Å². The van der Waals surface area contributed by atoms with E-state index in [4.69, 9.17) is 18.9 Å². The van der Waals surface area contributed by atoms with Crippen LogP contribution in [0.2, 0.25) is 0 Å². The number of carbonyl (C=O) groups is 4. The molecule has 4 heterocycles. The maximum absolute atomic E-state index is 15.0. The third-order valence-electron chi connectivity index (χ3n) is 9.38. The molecular formula is C35H44N4O9. The third-order valence-corrected chi connectivity index (χ3v) is 9.38. The number of urea groups is 1. The standard InChI is InChI=1S/C35H44N4O9/c40-29-25-34(44)26-30(41)47-35(48-32(34)42,31(46-29)37-18-9-10-19-37)39(22-21-36-16-7-8-17-36)33(43)38(20-15-27-11-3-1-4-12-27)23-24-45-28-13-5-2-6-14-28/h1-6,11-14,31,44H,7-10,15-26H2. The molecule has 3 unspecified atom stereocenters. The molecule has 0 spiro atoms. The molecule has 4 fully saturated rings. The summed E-state index contributed by atoms with van der Waals surface area (Å²) in [6.07, 6.45) is 1.01. The molecule has 13 heteroatoms. The van der Waals surface area contributed by atoms with Crippen molar-refractivity contribution in [3.8, 4) is 5.75 Å². The molecule has 6 rings (SSSR count). The summed E-state index contributed by atoms with van der Waals surface area (Å²) in [7, 11) is 0. The second-order valence-electron chi connectivity index (χ2n) is 12.8. The van der Waals surface area contributed by atoms with Gasteiger partial charge in [0, 0.05) is 32.7 Å². The van der Waals surface area contributed by atoms with Crippen LogP contribution in [-0.4, -0.2) is 125 Å². The van der Waals surface area contributed by atoms with Gasteiger partial charge < -0.3 is 33.9 Å². The molecule has 2 aromatic carbocycles. The average Bonchev–Trinajstić information content (AvgIpc) is 3.79. The molecule has 4 aliphatic rings. The van der Waals surface area contributed by atoms with Gasteiger partial charge in [0.1, 0.15) is 12.4 Å². The molecule has 1 N–H and O–H groups in total. The number of amides is 2. The van der Waals surface area contributed by atoms with Crippen LogP contribution in [0, 0.1) is 0 Å². The lowest BCUT2D eigenvalue weighted by atomic mass is 9.95. The van der Waals surface area contributed by atoms with Crippen molar-refractivity contribution in [3.05, 3.63) is 66.2 Å². The molecule has 48 heavy (non-hydrogen) atoms. The number of rotatable bonds is 12. The van der Waals surface area contributed by atoms with E-state index >= 15 is 4.79 Å². The van der Waals surface area contributed by atoms with Crippen molar-refractivity contribution in [1.82, 2.24) is 19.6 Å². The fourth-order valence-electron chi connectivity index (χ4n) is 6.80. The van der Waals surface area contributed by atoms with Gasteiger partial charge in [0.15, 0.2) is 5.60 Å². The van der Waals surface area contributed by atoms with Crippen LogP contribution in [-0.2, 0) is 35.0 Å². The van der Waals surface area contributed by atoms with E-state index in [0.29, 0.717) is 31.8 Å². The number of nitrogens with zero attached hydrogens (tertiary/aromatic N) is 4. The number of ether oxygens (including phenoxy) is 4. The summed E-state index contributed by atoms with van der Waals surface area (Å²) in [5.74, 6) is -4.92. The molecule has 13 nitrogen and oxygen atoms in total. The number of fused-ring (bicyclic) bond motifs is 3. The van der Waals surface area contributed by atoms with Crippen molar-refractivity contribution in [1.29, 1.82) is 0 Å². The Hall–Kier alpha value is -4.20. The molecule has 0 aliphatic carbocycles. The summed E-state index contributed by atoms with van der Waals surface area (Å²) < 4.78 is 23.9. The molecular weight excluding hydrogens is 620 g/mol. The monoisotopic (exact) mass is 664 g/mol. The number of aliphatic hydroxyl groups is 1. The van der Waals surface area contributed by atoms with Gasteiger partial charge in [0.2, 0.25) is 0 Å². The van der Waals surface area contributed by atoms with Gasteiger partial charge in [-0.25, -0.2) is 14.5 Å². The van der Waals surface area contributed by atoms with Gasteiger partial charge in [0.05, 0.1) is 19.4 Å². The largest absolute Gasteiger partial charge is 0.492 e. The van der Waals surface area contributed by atoms with Crippen LogP contribution in [0.4, 0.5) is 4.79 Å². The quantitative estimate of drug-likeness (QED) is 0.335. The van der Waals surface area contributed by atoms with Gasteiger partial charge in [0.25, 0.3) is 6.23 Å². The fourth-order valence-corrected chi connectivity index (χ4v) is 6.80. The van der Waals surface area contributed by atoms with Crippen molar-refractivity contribution < 1.29 is 43.2 Å². The van der Waals surface area contributed by atoms with Gasteiger partial charge in [-0.3, -0.25) is 14.5 Å². The highest BCUT2D eigenvalue weighted by Gasteiger charge is 2.65. The second kappa shape index (κ2) is 14.9. The number of carbonyl (C=O) groups excluding carboxylic acids is 4. The Bertz CT molecular complexity index is 1430. The van der Waals surface area contributed by atoms with Crippen molar-refractivity contribution in [2.45, 2.75) is 62.7 Å². The SMILES string of the molecule is O=C1CC2(O)CC(=O)OC(N(CCN3CCCC3)C(=O)N(CCOc3ccccc3)CCc3ccccc3)(OC2=O)C(N2CCCC2)O1. The number of hydrogen-bond donors (Lipinski definition) is 1. The predicted octanol–water partition coefficient (Wildman–Crippen LogP) is 2.37. The summed E-state index contributed by atoms with van der Waals surface area (Å²) in [4.78, 5) is 62.2. The van der Waals surface area contributed by atoms with E-state index in [1.165, 1.54) is 4.90 Å². The lowest BCUT2D eigenvalue weighted by Gasteiger charge is -2.48. The smallest absolute Gasteiger partial charge is 0.400 e. The molecule has 2 aromatic rings. The topological polar surface area (TPSA) is 138 Å². The van der Waals surface area contributed by atoms with Crippen LogP contribution in [0.1, 0.15) is 44.1 Å². The zero-order valence-corrected chi connectivity index (χ0v) is 27.2. The molecule has 2 bridgehead atoms. The third kappa shape index (κ3) is 7.58. The van der Waals surface area contributed by atoms with Crippen molar-refractivity contribution in [2.24, 2.45) is 0 Å².